The van der Waals surface area contributed by atoms with Gasteiger partial charge in [-0.1, -0.05) is 37.1 Å². The van der Waals surface area contributed by atoms with Gasteiger partial charge in [0.05, 0.1) is 0 Å². The van der Waals surface area contributed by atoms with Gasteiger partial charge in [0, 0.05) is 28.2 Å². The monoisotopic (exact) mass is 368 g/mol. The Morgan fingerprint density at radius 1 is 1.12 bits per heavy atom. The van der Waals surface area contributed by atoms with Crippen molar-refractivity contribution < 1.29 is 4.79 Å². The summed E-state index contributed by atoms with van der Waals surface area (Å²) in [4.78, 5) is 13.0. The van der Waals surface area contributed by atoms with Crippen LogP contribution in [0.3, 0.4) is 0 Å². The molecule has 0 aliphatic heterocycles. The van der Waals surface area contributed by atoms with Crippen molar-refractivity contribution >= 4 is 34.1 Å². The Bertz CT molecular complexity index is 925. The summed E-state index contributed by atoms with van der Waals surface area (Å²) in [6, 6.07) is 13.9. The first kappa shape index (κ1) is 18.5. The first-order valence-electron chi connectivity index (χ1n) is 9.23. The molecular formula is C22H25ClN2O. The smallest absolute Gasteiger partial charge is 0.272 e. The van der Waals surface area contributed by atoms with E-state index in [2.05, 4.69) is 24.4 Å². The molecular weight excluding hydrogens is 344 g/mol. The van der Waals surface area contributed by atoms with Gasteiger partial charge in [-0.05, 0) is 68.1 Å². The zero-order chi connectivity index (χ0) is 18.7. The van der Waals surface area contributed by atoms with E-state index in [0.29, 0.717) is 10.7 Å². The predicted molar refractivity (Wildman–Crippen MR) is 110 cm³/mol. The van der Waals surface area contributed by atoms with Gasteiger partial charge in [-0.25, -0.2) is 0 Å². The van der Waals surface area contributed by atoms with Crippen LogP contribution in [0.5, 0.6) is 0 Å². The lowest BCUT2D eigenvalue weighted by molar-refractivity contribution is 0.101. The number of anilines is 1. The van der Waals surface area contributed by atoms with Gasteiger partial charge in [-0.15, -0.1) is 0 Å². The van der Waals surface area contributed by atoms with Crippen LogP contribution in [-0.4, -0.2) is 10.5 Å². The third kappa shape index (κ3) is 3.63. The first-order valence-corrected chi connectivity index (χ1v) is 9.61. The molecule has 0 saturated carbocycles. The van der Waals surface area contributed by atoms with E-state index in [9.17, 15) is 4.79 Å². The van der Waals surface area contributed by atoms with Gasteiger partial charge in [-0.3, -0.25) is 4.79 Å². The number of benzene rings is 2. The zero-order valence-electron chi connectivity index (χ0n) is 15.6. The molecule has 136 valence electrons. The molecule has 4 heteroatoms. The van der Waals surface area contributed by atoms with Crippen LogP contribution in [0, 0.1) is 6.92 Å². The molecule has 0 atom stereocenters. The minimum absolute atomic E-state index is 0.0852. The van der Waals surface area contributed by atoms with Crippen LogP contribution < -0.4 is 5.32 Å². The summed E-state index contributed by atoms with van der Waals surface area (Å²) in [5, 5.41) is 4.75. The minimum Gasteiger partial charge on any atom is -0.337 e. The number of aromatic nitrogens is 1. The summed E-state index contributed by atoms with van der Waals surface area (Å²) < 4.78 is 2.05. The molecule has 1 heterocycles. The number of fused-ring (bicyclic) bond motifs is 1. The average molecular weight is 369 g/mol. The highest BCUT2D eigenvalue weighted by atomic mass is 35.5. The standard InChI is InChI=1S/C22H25ClN2O/c1-4-6-7-16-8-11-18(12-9-16)24-22(26)21-15(3)19-14-17(23)10-13-20(19)25(21)5-2/h8-14H,4-7H2,1-3H3,(H,24,26). The van der Waals surface area contributed by atoms with Crippen LogP contribution in [0.25, 0.3) is 10.9 Å². The second-order valence-corrected chi connectivity index (χ2v) is 7.07. The normalized spacial score (nSPS) is 11.1. The second kappa shape index (κ2) is 7.96. The largest absolute Gasteiger partial charge is 0.337 e. The Kier molecular flexibility index (Phi) is 5.67. The predicted octanol–water partition coefficient (Wildman–Crippen LogP) is 6.22. The molecule has 3 aromatic rings. The summed E-state index contributed by atoms with van der Waals surface area (Å²) in [6.45, 7) is 6.95. The average Bonchev–Trinajstić information content (AvgIpc) is 2.92. The van der Waals surface area contributed by atoms with Gasteiger partial charge < -0.3 is 9.88 Å². The number of nitrogens with one attached hydrogen (secondary N) is 1. The van der Waals surface area contributed by atoms with Crippen molar-refractivity contribution in [3.63, 3.8) is 0 Å². The number of rotatable bonds is 6. The Morgan fingerprint density at radius 2 is 1.85 bits per heavy atom. The quantitative estimate of drug-likeness (QED) is 0.550. The molecule has 0 spiro atoms. The van der Waals surface area contributed by atoms with Gasteiger partial charge >= 0.3 is 0 Å². The summed E-state index contributed by atoms with van der Waals surface area (Å²) >= 11 is 6.15. The van der Waals surface area contributed by atoms with Crippen molar-refractivity contribution in [2.24, 2.45) is 0 Å². The van der Waals surface area contributed by atoms with Crippen molar-refractivity contribution in [3.05, 3.63) is 64.3 Å². The van der Waals surface area contributed by atoms with Gasteiger partial charge in [0.15, 0.2) is 0 Å². The van der Waals surface area contributed by atoms with Gasteiger partial charge in [0.1, 0.15) is 5.69 Å². The maximum atomic E-state index is 13.0. The number of aryl methyl sites for hydroxylation is 3. The second-order valence-electron chi connectivity index (χ2n) is 6.63. The molecule has 1 N–H and O–H groups in total. The number of hydrogen-bond acceptors (Lipinski definition) is 1. The lowest BCUT2D eigenvalue weighted by Crippen LogP contribution is -2.17. The van der Waals surface area contributed by atoms with Gasteiger partial charge in [0.2, 0.25) is 0 Å². The summed E-state index contributed by atoms with van der Waals surface area (Å²) in [5.41, 5.74) is 4.81. The van der Waals surface area contributed by atoms with Crippen LogP contribution in [0.2, 0.25) is 5.02 Å². The molecule has 1 amide bonds. The van der Waals surface area contributed by atoms with E-state index in [1.54, 1.807) is 0 Å². The van der Waals surface area contributed by atoms with Crippen LogP contribution in [0.4, 0.5) is 5.69 Å². The lowest BCUT2D eigenvalue weighted by Gasteiger charge is -2.10. The maximum absolute atomic E-state index is 13.0. The molecule has 0 aliphatic carbocycles. The van der Waals surface area contributed by atoms with Crippen molar-refractivity contribution in [1.82, 2.24) is 4.57 Å². The molecule has 0 radical (unpaired) electrons. The molecule has 1 aromatic heterocycles. The fourth-order valence-corrected chi connectivity index (χ4v) is 3.61. The van der Waals surface area contributed by atoms with Crippen LogP contribution in [0.15, 0.2) is 42.5 Å². The van der Waals surface area contributed by atoms with Crippen molar-refractivity contribution in [2.75, 3.05) is 5.32 Å². The van der Waals surface area contributed by atoms with E-state index < -0.39 is 0 Å². The third-order valence-corrected chi connectivity index (χ3v) is 5.08. The summed E-state index contributed by atoms with van der Waals surface area (Å²) in [5.74, 6) is -0.0852. The minimum atomic E-state index is -0.0852. The first-order chi connectivity index (χ1) is 12.5. The number of halogens is 1. The molecule has 0 fully saturated rings. The molecule has 0 unspecified atom stereocenters. The Balaban J connectivity index is 1.89. The van der Waals surface area contributed by atoms with Crippen LogP contribution >= 0.6 is 11.6 Å². The van der Waals surface area contributed by atoms with E-state index in [4.69, 9.17) is 11.6 Å². The van der Waals surface area contributed by atoms with E-state index in [1.807, 2.05) is 48.7 Å². The van der Waals surface area contributed by atoms with Crippen LogP contribution in [0.1, 0.15) is 48.3 Å². The number of carbonyl (C=O) groups is 1. The molecule has 3 nitrogen and oxygen atoms in total. The van der Waals surface area contributed by atoms with E-state index in [-0.39, 0.29) is 5.91 Å². The van der Waals surface area contributed by atoms with Gasteiger partial charge in [0.25, 0.3) is 5.91 Å². The van der Waals surface area contributed by atoms with Crippen LogP contribution in [-0.2, 0) is 13.0 Å². The van der Waals surface area contributed by atoms with Crippen molar-refractivity contribution in [3.8, 4) is 0 Å². The highest BCUT2D eigenvalue weighted by Crippen LogP contribution is 2.29. The number of carbonyl (C=O) groups excluding carboxylic acids is 1. The zero-order valence-corrected chi connectivity index (χ0v) is 16.4. The van der Waals surface area contributed by atoms with E-state index >= 15 is 0 Å². The SMILES string of the molecule is CCCCc1ccc(NC(=O)c2c(C)c3cc(Cl)ccc3n2CC)cc1. The number of hydrogen-bond donors (Lipinski definition) is 1. The number of unbranched alkanes of at least 4 members (excludes halogenated alkanes) is 1. The fourth-order valence-electron chi connectivity index (χ4n) is 3.44. The topological polar surface area (TPSA) is 34.0 Å². The fraction of sp³-hybridized carbons (Fsp3) is 0.318. The van der Waals surface area contributed by atoms with Crippen molar-refractivity contribution in [1.29, 1.82) is 0 Å². The highest BCUT2D eigenvalue weighted by Gasteiger charge is 2.19. The lowest BCUT2D eigenvalue weighted by atomic mass is 10.1. The molecule has 3 rings (SSSR count). The number of amides is 1. The van der Waals surface area contributed by atoms with Crippen molar-refractivity contribution in [2.45, 2.75) is 46.6 Å². The summed E-state index contributed by atoms with van der Waals surface area (Å²) in [7, 11) is 0. The third-order valence-electron chi connectivity index (χ3n) is 4.84. The molecule has 0 saturated heterocycles. The van der Waals surface area contributed by atoms with E-state index in [0.717, 1.165) is 35.1 Å². The highest BCUT2D eigenvalue weighted by molar-refractivity contribution is 6.31. The van der Waals surface area contributed by atoms with E-state index in [1.165, 1.54) is 18.4 Å². The maximum Gasteiger partial charge on any atom is 0.272 e. The van der Waals surface area contributed by atoms with Gasteiger partial charge in [-0.2, -0.15) is 0 Å². The Labute approximate surface area is 160 Å². The molecule has 0 bridgehead atoms. The Morgan fingerprint density at radius 3 is 2.50 bits per heavy atom. The molecule has 0 aliphatic rings. The molecule has 26 heavy (non-hydrogen) atoms. The molecule has 2 aromatic carbocycles. The summed E-state index contributed by atoms with van der Waals surface area (Å²) in [6.07, 6.45) is 3.45. The Hall–Kier alpha value is -2.26. The number of nitrogens with zero attached hydrogens (tertiary/aromatic N) is 1.